The molecule has 0 radical (unpaired) electrons. The van der Waals surface area contributed by atoms with Crippen LogP contribution in [0.15, 0.2) is 42.5 Å². The lowest BCUT2D eigenvalue weighted by Crippen LogP contribution is -2.07. The van der Waals surface area contributed by atoms with Crippen LogP contribution in [0.25, 0.3) is 0 Å². The highest BCUT2D eigenvalue weighted by atomic mass is 16.1. The first kappa shape index (κ1) is 12.6. The highest BCUT2D eigenvalue weighted by molar-refractivity contribution is 5.70. The minimum Gasteiger partial charge on any atom is -0.302 e. The van der Waals surface area contributed by atoms with Crippen molar-refractivity contribution in [3.8, 4) is 0 Å². The lowest BCUT2D eigenvalue weighted by atomic mass is 9.86. The van der Waals surface area contributed by atoms with E-state index in [4.69, 9.17) is 0 Å². The molecule has 2 rings (SSSR count). The molecule has 0 aliphatic carbocycles. The summed E-state index contributed by atoms with van der Waals surface area (Å²) in [5.74, 6) is -0.160. The van der Waals surface area contributed by atoms with Crippen LogP contribution in [-0.4, -0.2) is 6.29 Å². The molecule has 0 heterocycles. The molecule has 0 saturated heterocycles. The van der Waals surface area contributed by atoms with Crippen LogP contribution < -0.4 is 0 Å². The molecule has 0 bridgehead atoms. The number of benzene rings is 2. The fourth-order valence-corrected chi connectivity index (χ4v) is 2.66. The minimum absolute atomic E-state index is 0.160. The third-order valence-electron chi connectivity index (χ3n) is 3.34. The zero-order chi connectivity index (χ0) is 13.1. The van der Waals surface area contributed by atoms with Crippen molar-refractivity contribution in [3.63, 3.8) is 0 Å². The molecule has 0 unspecified atom stereocenters. The van der Waals surface area contributed by atoms with Gasteiger partial charge in [0.05, 0.1) is 5.92 Å². The van der Waals surface area contributed by atoms with E-state index in [1.165, 1.54) is 16.7 Å². The quantitative estimate of drug-likeness (QED) is 0.740. The van der Waals surface area contributed by atoms with Crippen molar-refractivity contribution in [3.05, 3.63) is 70.3 Å². The number of carbonyl (C=O) groups excluding carboxylic acids is 1. The predicted molar refractivity (Wildman–Crippen MR) is 75.0 cm³/mol. The van der Waals surface area contributed by atoms with E-state index in [-0.39, 0.29) is 5.92 Å². The molecule has 92 valence electrons. The van der Waals surface area contributed by atoms with E-state index in [1.54, 1.807) is 0 Å². The number of carbonyl (C=O) groups is 1. The molecule has 2 aromatic rings. The van der Waals surface area contributed by atoms with Crippen molar-refractivity contribution < 1.29 is 4.79 Å². The Hall–Kier alpha value is -1.89. The normalized spacial score (nSPS) is 12.2. The van der Waals surface area contributed by atoms with Gasteiger partial charge in [0.25, 0.3) is 0 Å². The summed E-state index contributed by atoms with van der Waals surface area (Å²) in [7, 11) is 0. The van der Waals surface area contributed by atoms with E-state index in [9.17, 15) is 4.79 Å². The van der Waals surface area contributed by atoms with Gasteiger partial charge in [-0.05, 0) is 43.0 Å². The Balaban J connectivity index is 2.56. The summed E-state index contributed by atoms with van der Waals surface area (Å²) in [6.07, 6.45) is 1.04. The van der Waals surface area contributed by atoms with Crippen molar-refractivity contribution in [2.75, 3.05) is 0 Å². The van der Waals surface area contributed by atoms with Crippen LogP contribution in [0.5, 0.6) is 0 Å². The Morgan fingerprint density at radius 3 is 2.00 bits per heavy atom. The van der Waals surface area contributed by atoms with Gasteiger partial charge in [0.1, 0.15) is 6.29 Å². The molecule has 1 nitrogen and oxygen atoms in total. The topological polar surface area (TPSA) is 17.1 Å². The molecular weight excluding hydrogens is 220 g/mol. The summed E-state index contributed by atoms with van der Waals surface area (Å²) in [5.41, 5.74) is 5.82. The van der Waals surface area contributed by atoms with Crippen molar-refractivity contribution in [1.82, 2.24) is 0 Å². The van der Waals surface area contributed by atoms with Gasteiger partial charge in [0.2, 0.25) is 0 Å². The maximum atomic E-state index is 11.5. The zero-order valence-corrected chi connectivity index (χ0v) is 11.1. The molecule has 0 N–H and O–H groups in total. The third kappa shape index (κ3) is 2.35. The maximum absolute atomic E-state index is 11.5. The van der Waals surface area contributed by atoms with Gasteiger partial charge in [-0.2, -0.15) is 0 Å². The monoisotopic (exact) mass is 238 g/mol. The largest absolute Gasteiger partial charge is 0.302 e. The van der Waals surface area contributed by atoms with E-state index in [1.807, 2.05) is 30.3 Å². The molecular formula is C17H18O. The van der Waals surface area contributed by atoms with Crippen molar-refractivity contribution in [2.24, 2.45) is 0 Å². The molecule has 0 aliphatic heterocycles. The van der Waals surface area contributed by atoms with E-state index in [0.29, 0.717) is 0 Å². The lowest BCUT2D eigenvalue weighted by molar-refractivity contribution is -0.108. The second-order valence-corrected chi connectivity index (χ2v) is 4.84. The van der Waals surface area contributed by atoms with Crippen molar-refractivity contribution >= 4 is 6.29 Å². The molecule has 0 spiro atoms. The Bertz CT molecular complexity index is 532. The van der Waals surface area contributed by atoms with Crippen molar-refractivity contribution in [2.45, 2.75) is 26.7 Å². The third-order valence-corrected chi connectivity index (χ3v) is 3.34. The fourth-order valence-electron chi connectivity index (χ4n) is 2.66. The summed E-state index contributed by atoms with van der Waals surface area (Å²) < 4.78 is 0. The van der Waals surface area contributed by atoms with Crippen LogP contribution in [0.1, 0.15) is 33.7 Å². The minimum atomic E-state index is -0.160. The lowest BCUT2D eigenvalue weighted by Gasteiger charge is -2.17. The van der Waals surface area contributed by atoms with Gasteiger partial charge in [-0.25, -0.2) is 0 Å². The van der Waals surface area contributed by atoms with Gasteiger partial charge >= 0.3 is 0 Å². The SMILES string of the molecule is Cc1cc(C)c([C@H](C=O)c2ccccc2)c(C)c1. The molecule has 0 saturated carbocycles. The Morgan fingerprint density at radius 1 is 0.944 bits per heavy atom. The van der Waals surface area contributed by atoms with E-state index < -0.39 is 0 Å². The van der Waals surface area contributed by atoms with Gasteiger partial charge in [0.15, 0.2) is 0 Å². The van der Waals surface area contributed by atoms with Gasteiger partial charge in [-0.15, -0.1) is 0 Å². The number of aldehydes is 1. The molecule has 0 aromatic heterocycles. The van der Waals surface area contributed by atoms with Crippen LogP contribution in [-0.2, 0) is 4.79 Å². The Morgan fingerprint density at radius 2 is 1.50 bits per heavy atom. The van der Waals surface area contributed by atoms with E-state index in [0.717, 1.165) is 17.4 Å². The average molecular weight is 238 g/mol. The van der Waals surface area contributed by atoms with Crippen LogP contribution in [0.4, 0.5) is 0 Å². The molecule has 1 heteroatoms. The van der Waals surface area contributed by atoms with Crippen molar-refractivity contribution in [1.29, 1.82) is 0 Å². The zero-order valence-electron chi connectivity index (χ0n) is 11.1. The second kappa shape index (κ2) is 5.18. The summed E-state index contributed by atoms with van der Waals surface area (Å²) in [4.78, 5) is 11.5. The number of hydrogen-bond acceptors (Lipinski definition) is 1. The highest BCUT2D eigenvalue weighted by Gasteiger charge is 2.17. The molecule has 2 aromatic carbocycles. The highest BCUT2D eigenvalue weighted by Crippen LogP contribution is 2.29. The summed E-state index contributed by atoms with van der Waals surface area (Å²) >= 11 is 0. The first-order valence-electron chi connectivity index (χ1n) is 6.21. The summed E-state index contributed by atoms with van der Waals surface area (Å²) in [6, 6.07) is 14.2. The van der Waals surface area contributed by atoms with Crippen LogP contribution in [0.2, 0.25) is 0 Å². The fraction of sp³-hybridized carbons (Fsp3) is 0.235. The molecule has 0 fully saturated rings. The number of hydrogen-bond donors (Lipinski definition) is 0. The maximum Gasteiger partial charge on any atom is 0.131 e. The smallest absolute Gasteiger partial charge is 0.131 e. The molecule has 1 atom stereocenters. The Kier molecular flexibility index (Phi) is 3.61. The van der Waals surface area contributed by atoms with Crippen LogP contribution in [0.3, 0.4) is 0 Å². The second-order valence-electron chi connectivity index (χ2n) is 4.84. The molecule has 0 amide bonds. The number of aryl methyl sites for hydroxylation is 3. The van der Waals surface area contributed by atoms with Gasteiger partial charge in [-0.3, -0.25) is 0 Å². The summed E-state index contributed by atoms with van der Waals surface area (Å²) in [6.45, 7) is 6.24. The van der Waals surface area contributed by atoms with Crippen LogP contribution >= 0.6 is 0 Å². The standard InChI is InChI=1S/C17H18O/c1-12-9-13(2)17(14(3)10-12)16(11-18)15-7-5-4-6-8-15/h4-11,16H,1-3H3/t16-/m1/s1. The van der Waals surface area contributed by atoms with Crippen LogP contribution in [0, 0.1) is 20.8 Å². The van der Waals surface area contributed by atoms with Gasteiger partial charge in [0, 0.05) is 0 Å². The van der Waals surface area contributed by atoms with Gasteiger partial charge < -0.3 is 4.79 Å². The predicted octanol–water partition coefficient (Wildman–Crippen LogP) is 3.94. The van der Waals surface area contributed by atoms with Gasteiger partial charge in [-0.1, -0.05) is 48.0 Å². The van der Waals surface area contributed by atoms with E-state index in [2.05, 4.69) is 32.9 Å². The number of rotatable bonds is 3. The first-order chi connectivity index (χ1) is 8.63. The molecule has 0 aliphatic rings. The first-order valence-corrected chi connectivity index (χ1v) is 6.21. The average Bonchev–Trinajstić information content (AvgIpc) is 2.34. The molecule has 18 heavy (non-hydrogen) atoms. The summed E-state index contributed by atoms with van der Waals surface area (Å²) in [5, 5.41) is 0. The Labute approximate surface area is 108 Å². The van der Waals surface area contributed by atoms with E-state index >= 15 is 0 Å².